The van der Waals surface area contributed by atoms with E-state index >= 15 is 0 Å². The lowest BCUT2D eigenvalue weighted by Gasteiger charge is -2.31. The van der Waals surface area contributed by atoms with Crippen LogP contribution in [0.1, 0.15) is 18.7 Å². The summed E-state index contributed by atoms with van der Waals surface area (Å²) in [5.41, 5.74) is 0.954. The van der Waals surface area contributed by atoms with Gasteiger partial charge in [-0.2, -0.15) is 16.3 Å². The van der Waals surface area contributed by atoms with E-state index < -0.39 is 10.0 Å². The Hall–Kier alpha value is -1.29. The number of nitrogens with one attached hydrogen (secondary N) is 1. The van der Waals surface area contributed by atoms with Gasteiger partial charge in [0.25, 0.3) is 0 Å². The van der Waals surface area contributed by atoms with E-state index in [0.29, 0.717) is 24.8 Å². The van der Waals surface area contributed by atoms with Crippen LogP contribution in [-0.2, 0) is 16.6 Å². The van der Waals surface area contributed by atoms with Crippen molar-refractivity contribution in [1.82, 2.24) is 19.8 Å². The lowest BCUT2D eigenvalue weighted by Crippen LogP contribution is -2.47. The van der Waals surface area contributed by atoms with Gasteiger partial charge in [0, 0.05) is 23.5 Å². The van der Waals surface area contributed by atoms with Gasteiger partial charge in [-0.15, -0.1) is 0 Å². The van der Waals surface area contributed by atoms with Crippen molar-refractivity contribution in [2.75, 3.05) is 19.3 Å². The average molecular weight is 342 g/mol. The van der Waals surface area contributed by atoms with Crippen LogP contribution in [0, 0.1) is 0 Å². The Morgan fingerprint density at radius 1 is 1.55 bits per heavy atom. The van der Waals surface area contributed by atoms with Crippen molar-refractivity contribution in [2.45, 2.75) is 25.4 Å². The SMILES string of the molecule is CS(=O)(=O)NC1CCCN(Cc2nc(-c3ccsc3)no2)C1. The molecule has 1 N–H and O–H groups in total. The number of sulfonamides is 1. The predicted octanol–water partition coefficient (Wildman–Crippen LogP) is 1.31. The first-order valence-electron chi connectivity index (χ1n) is 7.04. The number of rotatable bonds is 5. The van der Waals surface area contributed by atoms with Crippen molar-refractivity contribution in [3.63, 3.8) is 0 Å². The maximum Gasteiger partial charge on any atom is 0.241 e. The standard InChI is InChI=1S/C13H18N4O3S2/c1-22(18,19)16-11-3-2-5-17(7-11)8-12-14-13(15-20-12)10-4-6-21-9-10/h4,6,9,11,16H,2-3,5,7-8H2,1H3. The third-order valence-electron chi connectivity index (χ3n) is 3.49. The lowest BCUT2D eigenvalue weighted by molar-refractivity contribution is 0.173. The minimum Gasteiger partial charge on any atom is -0.338 e. The molecule has 0 saturated carbocycles. The number of hydrogen-bond acceptors (Lipinski definition) is 7. The van der Waals surface area contributed by atoms with Crippen LogP contribution in [0.5, 0.6) is 0 Å². The number of hydrogen-bond donors (Lipinski definition) is 1. The lowest BCUT2D eigenvalue weighted by atomic mass is 10.1. The summed E-state index contributed by atoms with van der Waals surface area (Å²) in [7, 11) is -3.17. The quantitative estimate of drug-likeness (QED) is 0.881. The summed E-state index contributed by atoms with van der Waals surface area (Å²) >= 11 is 1.59. The molecule has 1 aliphatic rings. The Balaban J connectivity index is 1.61. The van der Waals surface area contributed by atoms with Gasteiger partial charge < -0.3 is 4.52 Å². The monoisotopic (exact) mass is 342 g/mol. The molecule has 9 heteroatoms. The van der Waals surface area contributed by atoms with E-state index in [1.54, 1.807) is 11.3 Å². The van der Waals surface area contributed by atoms with Gasteiger partial charge in [-0.25, -0.2) is 13.1 Å². The van der Waals surface area contributed by atoms with Gasteiger partial charge in [0.1, 0.15) is 0 Å². The van der Waals surface area contributed by atoms with Crippen molar-refractivity contribution >= 4 is 21.4 Å². The summed E-state index contributed by atoms with van der Waals surface area (Å²) < 4.78 is 30.6. The zero-order valence-electron chi connectivity index (χ0n) is 12.2. The molecule has 0 amide bonds. The summed E-state index contributed by atoms with van der Waals surface area (Å²) in [6.07, 6.45) is 2.99. The van der Waals surface area contributed by atoms with Crippen molar-refractivity contribution in [3.05, 3.63) is 22.7 Å². The van der Waals surface area contributed by atoms with E-state index in [9.17, 15) is 8.42 Å². The number of thiophene rings is 1. The Labute approximate surface area is 133 Å². The van der Waals surface area contributed by atoms with Gasteiger partial charge in [-0.1, -0.05) is 5.16 Å². The first kappa shape index (κ1) is 15.6. The van der Waals surface area contributed by atoms with Crippen molar-refractivity contribution in [1.29, 1.82) is 0 Å². The molecule has 1 unspecified atom stereocenters. The molecule has 2 aromatic rings. The van der Waals surface area contributed by atoms with Gasteiger partial charge in [-0.3, -0.25) is 4.90 Å². The number of piperidine rings is 1. The number of likely N-dealkylation sites (tertiary alicyclic amines) is 1. The topological polar surface area (TPSA) is 88.3 Å². The van der Waals surface area contributed by atoms with Gasteiger partial charge >= 0.3 is 0 Å². The molecular formula is C13H18N4O3S2. The molecule has 1 fully saturated rings. The smallest absolute Gasteiger partial charge is 0.241 e. The molecule has 1 aliphatic heterocycles. The second-order valence-electron chi connectivity index (χ2n) is 5.49. The number of nitrogens with zero attached hydrogens (tertiary/aromatic N) is 3. The van der Waals surface area contributed by atoms with E-state index in [1.165, 1.54) is 6.26 Å². The predicted molar refractivity (Wildman–Crippen MR) is 83.9 cm³/mol. The molecule has 1 saturated heterocycles. The average Bonchev–Trinajstić information content (AvgIpc) is 3.07. The van der Waals surface area contributed by atoms with Crippen LogP contribution < -0.4 is 4.72 Å². The molecule has 1 atom stereocenters. The van der Waals surface area contributed by atoms with Crippen molar-refractivity contribution in [3.8, 4) is 11.4 Å². The van der Waals surface area contributed by atoms with Crippen LogP contribution in [0.3, 0.4) is 0 Å². The summed E-state index contributed by atoms with van der Waals surface area (Å²) in [6.45, 7) is 2.10. The Kier molecular flexibility index (Phi) is 4.57. The molecule has 2 aromatic heterocycles. The van der Waals surface area contributed by atoms with Crippen molar-refractivity contribution < 1.29 is 12.9 Å². The van der Waals surface area contributed by atoms with E-state index in [-0.39, 0.29) is 6.04 Å². The highest BCUT2D eigenvalue weighted by atomic mass is 32.2. The number of aromatic nitrogens is 2. The molecule has 22 heavy (non-hydrogen) atoms. The Morgan fingerprint density at radius 2 is 2.41 bits per heavy atom. The fraction of sp³-hybridized carbons (Fsp3) is 0.538. The molecule has 0 aromatic carbocycles. The molecular weight excluding hydrogens is 324 g/mol. The van der Waals surface area contributed by atoms with E-state index in [0.717, 1.165) is 24.9 Å². The van der Waals surface area contributed by atoms with Crippen LogP contribution in [0.2, 0.25) is 0 Å². The molecule has 3 rings (SSSR count). The van der Waals surface area contributed by atoms with Crippen LogP contribution >= 0.6 is 11.3 Å². The largest absolute Gasteiger partial charge is 0.338 e. The van der Waals surface area contributed by atoms with Gasteiger partial charge in [-0.05, 0) is 30.8 Å². The van der Waals surface area contributed by atoms with Crippen molar-refractivity contribution in [2.24, 2.45) is 0 Å². The third-order valence-corrected chi connectivity index (χ3v) is 4.94. The molecule has 0 spiro atoms. The summed E-state index contributed by atoms with van der Waals surface area (Å²) in [5.74, 6) is 1.15. The minimum atomic E-state index is -3.17. The maximum atomic E-state index is 11.3. The summed E-state index contributed by atoms with van der Waals surface area (Å²) in [4.78, 5) is 6.53. The zero-order chi connectivity index (χ0) is 15.6. The molecule has 120 valence electrons. The molecule has 0 aliphatic carbocycles. The second kappa shape index (κ2) is 6.45. The van der Waals surface area contributed by atoms with Crippen LogP contribution in [0.4, 0.5) is 0 Å². The molecule has 0 radical (unpaired) electrons. The zero-order valence-corrected chi connectivity index (χ0v) is 13.9. The Morgan fingerprint density at radius 3 is 3.14 bits per heavy atom. The molecule has 7 nitrogen and oxygen atoms in total. The fourth-order valence-corrected chi connectivity index (χ4v) is 4.05. The summed E-state index contributed by atoms with van der Waals surface area (Å²) in [5, 5.41) is 7.93. The van der Waals surface area contributed by atoms with Crippen LogP contribution in [-0.4, -0.2) is 48.8 Å². The van der Waals surface area contributed by atoms with Crippen LogP contribution in [0.25, 0.3) is 11.4 Å². The summed E-state index contributed by atoms with van der Waals surface area (Å²) in [6, 6.07) is 1.90. The fourth-order valence-electron chi connectivity index (χ4n) is 2.62. The minimum absolute atomic E-state index is 0.0528. The highest BCUT2D eigenvalue weighted by Gasteiger charge is 2.23. The first-order valence-corrected chi connectivity index (χ1v) is 9.88. The van der Waals surface area contributed by atoms with Gasteiger partial charge in [0.2, 0.25) is 21.7 Å². The van der Waals surface area contributed by atoms with Crippen LogP contribution in [0.15, 0.2) is 21.3 Å². The molecule has 0 bridgehead atoms. The van der Waals surface area contributed by atoms with E-state index in [4.69, 9.17) is 4.52 Å². The molecule has 3 heterocycles. The third kappa shape index (κ3) is 4.13. The maximum absolute atomic E-state index is 11.3. The highest BCUT2D eigenvalue weighted by Crippen LogP contribution is 2.20. The van der Waals surface area contributed by atoms with E-state index in [2.05, 4.69) is 19.8 Å². The second-order valence-corrected chi connectivity index (χ2v) is 8.05. The normalized spacial score (nSPS) is 20.3. The first-order chi connectivity index (χ1) is 10.5. The van der Waals surface area contributed by atoms with E-state index in [1.807, 2.05) is 16.8 Å². The van der Waals surface area contributed by atoms with Gasteiger partial charge in [0.15, 0.2) is 0 Å². The highest BCUT2D eigenvalue weighted by molar-refractivity contribution is 7.88. The van der Waals surface area contributed by atoms with Gasteiger partial charge in [0.05, 0.1) is 12.8 Å². The Bertz CT molecular complexity index is 711.